The van der Waals surface area contributed by atoms with Gasteiger partial charge in [0.2, 0.25) is 5.91 Å². The van der Waals surface area contributed by atoms with E-state index in [2.05, 4.69) is 39.6 Å². The standard InChI is InChI=1S/C19H27N5O.2ClH/c1-20-18(17-13-21-22(2)15-17)19(25)24-10-6-9-23(11-12-24)14-16-7-4-3-5-8-16;;/h3-5,7-8,13,15,18,20H,6,9-12,14H2,1-2H3;2*1H. The molecular weight excluding hydrogens is 385 g/mol. The molecule has 6 nitrogen and oxygen atoms in total. The average Bonchev–Trinajstić information content (AvgIpc) is 2.91. The molecule has 1 unspecified atom stereocenters. The number of aromatic nitrogens is 2. The fourth-order valence-electron chi connectivity index (χ4n) is 3.40. The number of likely N-dealkylation sites (N-methyl/N-ethyl adjacent to an activating group) is 1. The Morgan fingerprint density at radius 1 is 1.15 bits per heavy atom. The molecule has 1 fully saturated rings. The quantitative estimate of drug-likeness (QED) is 0.816. The molecule has 1 aromatic heterocycles. The number of amides is 1. The highest BCUT2D eigenvalue weighted by atomic mass is 35.5. The highest BCUT2D eigenvalue weighted by Gasteiger charge is 2.27. The largest absolute Gasteiger partial charge is 0.340 e. The summed E-state index contributed by atoms with van der Waals surface area (Å²) in [5, 5.41) is 7.33. The van der Waals surface area contributed by atoms with Gasteiger partial charge in [0.25, 0.3) is 0 Å². The number of nitrogens with one attached hydrogen (secondary N) is 1. The van der Waals surface area contributed by atoms with Gasteiger partial charge in [0.05, 0.1) is 6.20 Å². The number of carbonyl (C=O) groups excluding carboxylic acids is 1. The minimum absolute atomic E-state index is 0. The summed E-state index contributed by atoms with van der Waals surface area (Å²) in [6.07, 6.45) is 4.67. The molecule has 1 aromatic carbocycles. The minimum atomic E-state index is -0.325. The molecule has 8 heteroatoms. The van der Waals surface area contributed by atoms with E-state index >= 15 is 0 Å². The molecule has 3 rings (SSSR count). The lowest BCUT2D eigenvalue weighted by Crippen LogP contribution is -2.41. The summed E-state index contributed by atoms with van der Waals surface area (Å²) in [5.74, 6) is 0.136. The molecule has 1 aliphatic heterocycles. The van der Waals surface area contributed by atoms with Gasteiger partial charge in [0, 0.05) is 51.5 Å². The van der Waals surface area contributed by atoms with Crippen LogP contribution in [0, 0.1) is 0 Å². The Balaban J connectivity index is 0.00000182. The number of nitrogens with zero attached hydrogens (tertiary/aromatic N) is 4. The number of rotatable bonds is 5. The Kier molecular flexibility index (Phi) is 9.80. The summed E-state index contributed by atoms with van der Waals surface area (Å²) in [5.41, 5.74) is 2.24. The van der Waals surface area contributed by atoms with Crippen molar-refractivity contribution in [3.8, 4) is 0 Å². The smallest absolute Gasteiger partial charge is 0.244 e. The third-order valence-corrected chi connectivity index (χ3v) is 4.74. The monoisotopic (exact) mass is 413 g/mol. The van der Waals surface area contributed by atoms with E-state index in [1.165, 1.54) is 5.56 Å². The van der Waals surface area contributed by atoms with Crippen molar-refractivity contribution >= 4 is 30.7 Å². The predicted molar refractivity (Wildman–Crippen MR) is 112 cm³/mol. The molecule has 1 atom stereocenters. The topological polar surface area (TPSA) is 53.4 Å². The minimum Gasteiger partial charge on any atom is -0.340 e. The summed E-state index contributed by atoms with van der Waals surface area (Å²) in [4.78, 5) is 17.4. The zero-order valence-electron chi connectivity index (χ0n) is 15.9. The Morgan fingerprint density at radius 2 is 1.89 bits per heavy atom. The van der Waals surface area contributed by atoms with E-state index in [0.29, 0.717) is 0 Å². The van der Waals surface area contributed by atoms with Crippen molar-refractivity contribution in [2.75, 3.05) is 33.2 Å². The van der Waals surface area contributed by atoms with Crippen molar-refractivity contribution in [1.29, 1.82) is 0 Å². The Labute approximate surface area is 173 Å². The van der Waals surface area contributed by atoms with Crippen LogP contribution in [0.5, 0.6) is 0 Å². The number of carbonyl (C=O) groups is 1. The molecule has 0 saturated carbocycles. The fraction of sp³-hybridized carbons (Fsp3) is 0.474. The maximum atomic E-state index is 13.0. The third-order valence-electron chi connectivity index (χ3n) is 4.74. The lowest BCUT2D eigenvalue weighted by molar-refractivity contribution is -0.133. The third kappa shape index (κ3) is 6.21. The molecule has 0 spiro atoms. The number of halogens is 2. The molecular formula is C19H29Cl2N5O. The molecule has 1 N–H and O–H groups in total. The van der Waals surface area contributed by atoms with E-state index in [1.54, 1.807) is 10.9 Å². The maximum Gasteiger partial charge on any atom is 0.244 e. The molecule has 150 valence electrons. The number of aryl methyl sites for hydroxylation is 1. The molecule has 1 aliphatic rings. The van der Waals surface area contributed by atoms with Crippen LogP contribution >= 0.6 is 24.8 Å². The number of hydrogen-bond donors (Lipinski definition) is 1. The van der Waals surface area contributed by atoms with Crippen LogP contribution in [0.15, 0.2) is 42.7 Å². The Bertz CT molecular complexity index is 694. The van der Waals surface area contributed by atoms with Crippen LogP contribution in [-0.2, 0) is 18.4 Å². The van der Waals surface area contributed by atoms with E-state index in [1.807, 2.05) is 31.3 Å². The van der Waals surface area contributed by atoms with E-state index in [-0.39, 0.29) is 36.8 Å². The Morgan fingerprint density at radius 3 is 2.52 bits per heavy atom. The van der Waals surface area contributed by atoms with Crippen molar-refractivity contribution in [1.82, 2.24) is 24.9 Å². The highest BCUT2D eigenvalue weighted by Crippen LogP contribution is 2.17. The molecule has 27 heavy (non-hydrogen) atoms. The van der Waals surface area contributed by atoms with E-state index in [9.17, 15) is 4.79 Å². The average molecular weight is 414 g/mol. The van der Waals surface area contributed by atoms with Crippen molar-refractivity contribution in [3.63, 3.8) is 0 Å². The second kappa shape index (κ2) is 11.3. The van der Waals surface area contributed by atoms with Crippen molar-refractivity contribution in [3.05, 3.63) is 53.9 Å². The van der Waals surface area contributed by atoms with Crippen LogP contribution in [0.2, 0.25) is 0 Å². The van der Waals surface area contributed by atoms with Gasteiger partial charge in [-0.25, -0.2) is 0 Å². The molecule has 1 amide bonds. The van der Waals surface area contributed by atoms with Crippen LogP contribution in [0.1, 0.15) is 23.6 Å². The second-order valence-electron chi connectivity index (χ2n) is 6.61. The van der Waals surface area contributed by atoms with Gasteiger partial charge < -0.3 is 10.2 Å². The second-order valence-corrected chi connectivity index (χ2v) is 6.61. The Hall–Kier alpha value is -1.60. The molecule has 2 aromatic rings. The molecule has 2 heterocycles. The maximum absolute atomic E-state index is 13.0. The molecule has 0 bridgehead atoms. The lowest BCUT2D eigenvalue weighted by atomic mass is 10.1. The predicted octanol–water partition coefficient (Wildman–Crippen LogP) is 2.26. The van der Waals surface area contributed by atoms with Gasteiger partial charge in [-0.2, -0.15) is 5.10 Å². The first-order valence-electron chi connectivity index (χ1n) is 8.88. The van der Waals surface area contributed by atoms with Crippen LogP contribution < -0.4 is 5.32 Å². The SMILES string of the molecule is CNC(C(=O)N1CCCN(Cc2ccccc2)CC1)c1cnn(C)c1.Cl.Cl. The van der Waals surface area contributed by atoms with Crippen molar-refractivity contribution in [2.24, 2.45) is 7.05 Å². The first kappa shape index (κ1) is 23.4. The highest BCUT2D eigenvalue weighted by molar-refractivity contribution is 5.85. The summed E-state index contributed by atoms with van der Waals surface area (Å²) in [7, 11) is 3.70. The molecule has 0 aliphatic carbocycles. The zero-order chi connectivity index (χ0) is 17.6. The van der Waals surface area contributed by atoms with Gasteiger partial charge >= 0.3 is 0 Å². The van der Waals surface area contributed by atoms with Crippen LogP contribution in [0.25, 0.3) is 0 Å². The van der Waals surface area contributed by atoms with E-state index in [4.69, 9.17) is 0 Å². The van der Waals surface area contributed by atoms with Gasteiger partial charge in [-0.15, -0.1) is 24.8 Å². The summed E-state index contributed by atoms with van der Waals surface area (Å²) < 4.78 is 1.73. The molecule has 1 saturated heterocycles. The molecule has 0 radical (unpaired) electrons. The number of benzene rings is 1. The lowest BCUT2D eigenvalue weighted by Gasteiger charge is -2.26. The van der Waals surface area contributed by atoms with Crippen LogP contribution in [0.4, 0.5) is 0 Å². The van der Waals surface area contributed by atoms with Gasteiger partial charge in [0.1, 0.15) is 6.04 Å². The number of hydrogen-bond acceptors (Lipinski definition) is 4. The van der Waals surface area contributed by atoms with E-state index in [0.717, 1.165) is 44.7 Å². The van der Waals surface area contributed by atoms with Crippen LogP contribution in [0.3, 0.4) is 0 Å². The van der Waals surface area contributed by atoms with Crippen molar-refractivity contribution in [2.45, 2.75) is 19.0 Å². The first-order chi connectivity index (χ1) is 12.2. The first-order valence-corrected chi connectivity index (χ1v) is 8.88. The van der Waals surface area contributed by atoms with Crippen molar-refractivity contribution < 1.29 is 4.79 Å². The zero-order valence-corrected chi connectivity index (χ0v) is 17.5. The van der Waals surface area contributed by atoms with Crippen LogP contribution in [-0.4, -0.2) is 58.7 Å². The van der Waals surface area contributed by atoms with Gasteiger partial charge in [-0.05, 0) is 19.0 Å². The van der Waals surface area contributed by atoms with E-state index < -0.39 is 0 Å². The van der Waals surface area contributed by atoms with Gasteiger partial charge in [-0.3, -0.25) is 14.4 Å². The summed E-state index contributed by atoms with van der Waals surface area (Å²) in [6, 6.07) is 10.2. The van der Waals surface area contributed by atoms with Gasteiger partial charge in [-0.1, -0.05) is 30.3 Å². The summed E-state index contributed by atoms with van der Waals surface area (Å²) in [6.45, 7) is 4.45. The fourth-order valence-corrected chi connectivity index (χ4v) is 3.40. The normalized spacial score (nSPS) is 16.0. The summed E-state index contributed by atoms with van der Waals surface area (Å²) >= 11 is 0. The van der Waals surface area contributed by atoms with Gasteiger partial charge in [0.15, 0.2) is 0 Å².